The predicted octanol–water partition coefficient (Wildman–Crippen LogP) is 10.1. The number of pyridine rings is 1. The molecule has 0 saturated heterocycles. The Bertz CT molecular complexity index is 3870. The van der Waals surface area contributed by atoms with Gasteiger partial charge in [-0.3, -0.25) is 48.5 Å². The van der Waals surface area contributed by atoms with Gasteiger partial charge in [-0.05, 0) is 148 Å². The lowest BCUT2D eigenvalue weighted by Crippen LogP contribution is -2.53. The SMILES string of the molecule is Cc1c(-c2ccc(N3CCc4cccc(C(=O)Nc5nc6ccccc6s5)c4C3)nc2C(=O)O)cnn1CCCC1(OCCN(CCC(=O)O)C(=O)OCc2ccc(NC(=O)[C@H](C)NC(=O)[C@@H](NC(=O)CCCCCN3C(=O)C=CC3=O)C(C)C)cc2)CC2CCCC(C)(C2)C1. The summed E-state index contributed by atoms with van der Waals surface area (Å²) in [6, 6.07) is 21.7. The van der Waals surface area contributed by atoms with Gasteiger partial charge in [0.05, 0.1) is 35.0 Å². The molecule has 3 aromatic carbocycles. The lowest BCUT2D eigenvalue weighted by Gasteiger charge is -2.52. The average molecular weight is 1330 g/mol. The summed E-state index contributed by atoms with van der Waals surface area (Å²) >= 11 is 1.41. The van der Waals surface area contributed by atoms with Crippen LogP contribution in [0.2, 0.25) is 0 Å². The molecule has 5 heterocycles. The molecule has 4 aliphatic rings. The van der Waals surface area contributed by atoms with Crippen LogP contribution in [-0.4, -0.2) is 144 Å². The second-order valence-electron chi connectivity index (χ2n) is 26.4. The van der Waals surface area contributed by atoms with E-state index in [0.29, 0.717) is 103 Å². The number of amides is 7. The fourth-order valence-corrected chi connectivity index (χ4v) is 14.8. The van der Waals surface area contributed by atoms with Crippen molar-refractivity contribution in [1.29, 1.82) is 0 Å². The van der Waals surface area contributed by atoms with Crippen LogP contribution in [0, 0.1) is 24.2 Å². The molecule has 2 fully saturated rings. The zero-order valence-electron chi connectivity index (χ0n) is 55.0. The largest absolute Gasteiger partial charge is 0.481 e. The Hall–Kier alpha value is -9.36. The van der Waals surface area contributed by atoms with Gasteiger partial charge in [-0.1, -0.05) is 87.8 Å². The van der Waals surface area contributed by atoms with E-state index in [2.05, 4.69) is 33.2 Å². The summed E-state index contributed by atoms with van der Waals surface area (Å²) in [6.45, 7) is 11.0. The Morgan fingerprint density at radius 3 is 2.33 bits per heavy atom. The first-order chi connectivity index (χ1) is 46.0. The lowest BCUT2D eigenvalue weighted by atomic mass is 9.57. The minimum Gasteiger partial charge on any atom is -0.481 e. The number of ether oxygens (including phenoxy) is 2. The number of benzene rings is 3. The maximum atomic E-state index is 13.8. The van der Waals surface area contributed by atoms with Crippen molar-refractivity contribution in [3.8, 4) is 11.1 Å². The number of rotatable bonds is 30. The quantitative estimate of drug-likeness (QED) is 0.0180. The monoisotopic (exact) mass is 1330 g/mol. The molecule has 24 nitrogen and oxygen atoms in total. The minimum absolute atomic E-state index is 0.0613. The van der Waals surface area contributed by atoms with Crippen LogP contribution >= 0.6 is 11.3 Å². The van der Waals surface area contributed by atoms with Crippen molar-refractivity contribution in [3.63, 3.8) is 0 Å². The van der Waals surface area contributed by atoms with Crippen molar-refractivity contribution in [2.24, 2.45) is 17.3 Å². The van der Waals surface area contributed by atoms with Gasteiger partial charge in [0.2, 0.25) is 17.7 Å². The van der Waals surface area contributed by atoms with Gasteiger partial charge in [-0.15, -0.1) is 0 Å². The Kier molecular flexibility index (Phi) is 22.4. The second-order valence-corrected chi connectivity index (χ2v) is 27.5. The number of hydrogen-bond donors (Lipinski definition) is 6. The molecule has 3 unspecified atom stereocenters. The van der Waals surface area contributed by atoms with Crippen molar-refractivity contribution in [3.05, 3.63) is 131 Å². The molecule has 0 radical (unpaired) electrons. The summed E-state index contributed by atoms with van der Waals surface area (Å²) < 4.78 is 15.6. The van der Waals surface area contributed by atoms with Gasteiger partial charge in [-0.2, -0.15) is 5.10 Å². The summed E-state index contributed by atoms with van der Waals surface area (Å²) in [5.41, 5.74) is 5.52. The number of nitrogens with zero attached hydrogens (tertiary/aromatic N) is 7. The van der Waals surface area contributed by atoms with Crippen LogP contribution in [0.25, 0.3) is 21.3 Å². The maximum Gasteiger partial charge on any atom is 0.410 e. The molecule has 508 valence electrons. The fourth-order valence-electron chi connectivity index (χ4n) is 14.0. The Morgan fingerprint density at radius 1 is 0.812 bits per heavy atom. The highest BCUT2D eigenvalue weighted by Crippen LogP contribution is 2.54. The number of aliphatic carboxylic acids is 1. The highest BCUT2D eigenvalue weighted by Gasteiger charge is 2.48. The number of unbranched alkanes of at least 4 members (excludes halogenated alkanes) is 2. The molecule has 3 aromatic heterocycles. The number of carbonyl (C=O) groups excluding carboxylic acids is 7. The molecule has 6 aromatic rings. The molecule has 5 atom stereocenters. The van der Waals surface area contributed by atoms with Crippen LogP contribution in [0.3, 0.4) is 0 Å². The van der Waals surface area contributed by atoms with Crippen LogP contribution in [0.4, 0.5) is 21.4 Å². The second kappa shape index (κ2) is 31.0. The number of aromatic nitrogens is 4. The highest BCUT2D eigenvalue weighted by molar-refractivity contribution is 7.22. The molecule has 2 saturated carbocycles. The Labute approximate surface area is 561 Å². The van der Waals surface area contributed by atoms with Gasteiger partial charge in [-0.25, -0.2) is 19.6 Å². The summed E-state index contributed by atoms with van der Waals surface area (Å²) in [5.74, 6) is -3.95. The number of aromatic carboxylic acids is 1. The van der Waals surface area contributed by atoms with Crippen LogP contribution in [0.1, 0.15) is 154 Å². The van der Waals surface area contributed by atoms with Crippen molar-refractivity contribution in [1.82, 2.24) is 40.2 Å². The Morgan fingerprint density at radius 2 is 1.59 bits per heavy atom. The molecule has 7 amide bonds. The van der Waals surface area contributed by atoms with Crippen molar-refractivity contribution in [2.45, 2.75) is 162 Å². The predicted molar refractivity (Wildman–Crippen MR) is 361 cm³/mol. The number of anilines is 3. The Balaban J connectivity index is 0.711. The summed E-state index contributed by atoms with van der Waals surface area (Å²) in [5, 5.41) is 36.8. The number of aryl methyl sites for hydroxylation is 1. The molecule has 0 spiro atoms. The van der Waals surface area contributed by atoms with E-state index >= 15 is 0 Å². The number of carboxylic acid groups (broad SMARTS) is 2. The van der Waals surface area contributed by atoms with E-state index in [1.165, 1.54) is 35.3 Å². The highest BCUT2D eigenvalue weighted by atomic mass is 32.1. The number of nitrogens with one attached hydrogen (secondary N) is 4. The average Bonchev–Trinajstić information content (AvgIpc) is 0.881. The molecular weight excluding hydrogens is 1250 g/mol. The van der Waals surface area contributed by atoms with Gasteiger partial charge in [0.1, 0.15) is 24.5 Å². The van der Waals surface area contributed by atoms with Crippen molar-refractivity contribution < 1.29 is 62.8 Å². The first-order valence-electron chi connectivity index (χ1n) is 33.1. The number of carboxylic acids is 2. The van der Waals surface area contributed by atoms with Gasteiger partial charge in [0.15, 0.2) is 10.8 Å². The molecule has 2 aliphatic heterocycles. The third-order valence-electron chi connectivity index (χ3n) is 18.8. The first kappa shape index (κ1) is 69.5. The third kappa shape index (κ3) is 17.4. The molecule has 6 N–H and O–H groups in total. The summed E-state index contributed by atoms with van der Waals surface area (Å²) in [4.78, 5) is 129. The van der Waals surface area contributed by atoms with E-state index in [0.717, 1.165) is 70.5 Å². The van der Waals surface area contributed by atoms with Crippen LogP contribution < -0.4 is 26.2 Å². The van der Waals surface area contributed by atoms with E-state index in [9.17, 15) is 53.4 Å². The van der Waals surface area contributed by atoms with Gasteiger partial charge >= 0.3 is 18.0 Å². The van der Waals surface area contributed by atoms with E-state index in [1.54, 1.807) is 56.4 Å². The minimum atomic E-state index is -1.18. The molecule has 2 aliphatic carbocycles. The number of carbonyl (C=O) groups is 9. The van der Waals surface area contributed by atoms with Crippen molar-refractivity contribution >= 4 is 91.7 Å². The number of para-hydroxylation sites is 1. The topological polar surface area (TPSA) is 314 Å². The molecule has 10 rings (SSSR count). The number of fused-ring (bicyclic) bond motifs is 4. The third-order valence-corrected chi connectivity index (χ3v) is 19.8. The lowest BCUT2D eigenvalue weighted by molar-refractivity contribution is -0.140. The fraction of sp³-hybridized carbons (Fsp3) is 0.465. The van der Waals surface area contributed by atoms with E-state index in [1.807, 2.05) is 59.0 Å². The molecule has 2 bridgehead atoms. The van der Waals surface area contributed by atoms with E-state index in [4.69, 9.17) is 19.6 Å². The van der Waals surface area contributed by atoms with Gasteiger partial charge in [0, 0.05) is 85.9 Å². The summed E-state index contributed by atoms with van der Waals surface area (Å²) in [6.07, 6.45) is 13.0. The molecular formula is C71H85N11O13S. The number of imide groups is 1. The van der Waals surface area contributed by atoms with Crippen LogP contribution in [0.5, 0.6) is 0 Å². The maximum absolute atomic E-state index is 13.8. The van der Waals surface area contributed by atoms with Gasteiger partial charge < -0.3 is 45.4 Å². The van der Waals surface area contributed by atoms with Gasteiger partial charge in [0.25, 0.3) is 17.7 Å². The van der Waals surface area contributed by atoms with E-state index < -0.39 is 47.5 Å². The van der Waals surface area contributed by atoms with Crippen LogP contribution in [0.15, 0.2) is 97.2 Å². The smallest absolute Gasteiger partial charge is 0.410 e. The van der Waals surface area contributed by atoms with E-state index in [-0.39, 0.29) is 86.3 Å². The molecule has 25 heteroatoms. The summed E-state index contributed by atoms with van der Waals surface area (Å²) in [7, 11) is 0. The molecule has 96 heavy (non-hydrogen) atoms. The zero-order chi connectivity index (χ0) is 68.3. The van der Waals surface area contributed by atoms with Crippen molar-refractivity contribution in [2.75, 3.05) is 48.3 Å². The number of hydrogen-bond acceptors (Lipinski definition) is 16. The number of thiazole rings is 1. The standard InChI is InChI=1S/C71H85N11O13S/c1-44(2)62(77-58(83)19-7-6-10-32-81-59(84)26-27-60(81)85)66(90)73-45(3)64(88)74-50-22-20-47(21-23-50)42-94-69(93)79(35-29-61(86)87)36-37-95-71(39-48-14-12-30-70(5,38-48)43-71)31-13-33-82-46(4)53(40-72-82)51-24-25-57(76-63(51)67(91)92)80-34-28-49-15-11-16-52(54(49)41-80)65(89)78-68-75-55-17-8-9-18-56(55)96-68/h8-9,11,15-18,20-27,40,44-45,48,62H,6-7,10,12-14,19,28-39,41-43H2,1-5H3,(H,73,90)(H,74,88)(H,77,83)(H,86,87)(H,91,92)(H,75,78,89)/t45-,48?,62-,70?,71?/m0/s1. The first-order valence-corrected chi connectivity index (χ1v) is 33.9. The normalized spacial score (nSPS) is 18.8. The zero-order valence-corrected chi connectivity index (χ0v) is 55.8. The van der Waals surface area contributed by atoms with Crippen LogP contribution in [-0.2, 0) is 64.4 Å².